The second kappa shape index (κ2) is 8.15. The fraction of sp³-hybridized carbons (Fsp3) is 0.533. The molecular weight excluding hydrogens is 318 g/mol. The van der Waals surface area contributed by atoms with Crippen molar-refractivity contribution in [3.63, 3.8) is 0 Å². The van der Waals surface area contributed by atoms with Gasteiger partial charge in [0.25, 0.3) is 0 Å². The first-order valence-corrected chi connectivity index (χ1v) is 7.84. The summed E-state index contributed by atoms with van der Waals surface area (Å²) in [5.74, 6) is 0.141. The normalized spacial score (nSPS) is 11.9. The highest BCUT2D eigenvalue weighted by Gasteiger charge is 2.16. The van der Waals surface area contributed by atoms with Gasteiger partial charge in [0.2, 0.25) is 0 Å². The predicted octanol–water partition coefficient (Wildman–Crippen LogP) is 3.95. The lowest BCUT2D eigenvalue weighted by Gasteiger charge is -2.31. The zero-order valence-electron chi connectivity index (χ0n) is 12.4. The summed E-state index contributed by atoms with van der Waals surface area (Å²) in [5, 5.41) is 12.1. The van der Waals surface area contributed by atoms with E-state index in [2.05, 4.69) is 46.8 Å². The highest BCUT2D eigenvalue weighted by molar-refractivity contribution is 9.10. The lowest BCUT2D eigenvalue weighted by Crippen LogP contribution is -2.33. The highest BCUT2D eigenvalue weighted by Crippen LogP contribution is 2.26. The molecular formula is C15H24BrN3O. The van der Waals surface area contributed by atoms with E-state index in [4.69, 9.17) is 10.9 Å². The third-order valence-corrected chi connectivity index (χ3v) is 3.77. The molecule has 0 bridgehead atoms. The van der Waals surface area contributed by atoms with E-state index in [1.165, 1.54) is 12.8 Å². The van der Waals surface area contributed by atoms with Gasteiger partial charge >= 0.3 is 0 Å². The maximum absolute atomic E-state index is 8.97. The molecule has 0 saturated heterocycles. The Morgan fingerprint density at radius 1 is 1.40 bits per heavy atom. The zero-order chi connectivity index (χ0) is 15.1. The first-order valence-electron chi connectivity index (χ1n) is 7.05. The summed E-state index contributed by atoms with van der Waals surface area (Å²) in [6.45, 7) is 7.48. The average Bonchev–Trinajstić information content (AvgIpc) is 2.43. The van der Waals surface area contributed by atoms with Crippen LogP contribution in [0.4, 0.5) is 5.69 Å². The third-order valence-electron chi connectivity index (χ3n) is 3.28. The van der Waals surface area contributed by atoms with Gasteiger partial charge in [-0.2, -0.15) is 0 Å². The van der Waals surface area contributed by atoms with Gasteiger partial charge in [-0.15, -0.1) is 0 Å². The van der Waals surface area contributed by atoms with Crippen molar-refractivity contribution < 1.29 is 5.21 Å². The highest BCUT2D eigenvalue weighted by atomic mass is 79.9. The number of anilines is 1. The van der Waals surface area contributed by atoms with Crippen molar-refractivity contribution in [1.29, 1.82) is 0 Å². The molecule has 0 spiro atoms. The number of halogens is 1. The Balaban J connectivity index is 3.12. The van der Waals surface area contributed by atoms with Crippen LogP contribution in [0.2, 0.25) is 0 Å². The van der Waals surface area contributed by atoms with Crippen molar-refractivity contribution in [2.24, 2.45) is 10.9 Å². The quantitative estimate of drug-likeness (QED) is 0.259. The Morgan fingerprint density at radius 2 is 2.10 bits per heavy atom. The number of benzene rings is 1. The van der Waals surface area contributed by atoms with Crippen LogP contribution in [0, 0.1) is 0 Å². The van der Waals surface area contributed by atoms with E-state index >= 15 is 0 Å². The van der Waals surface area contributed by atoms with Crippen LogP contribution < -0.4 is 10.6 Å². The van der Waals surface area contributed by atoms with E-state index < -0.39 is 0 Å². The minimum atomic E-state index is 0.141. The summed E-state index contributed by atoms with van der Waals surface area (Å²) in [6, 6.07) is 6.25. The minimum absolute atomic E-state index is 0.141. The number of nitrogens with zero attached hydrogens (tertiary/aromatic N) is 2. The number of amidine groups is 1. The van der Waals surface area contributed by atoms with Gasteiger partial charge in [0, 0.05) is 28.3 Å². The molecule has 0 saturated carbocycles. The summed E-state index contributed by atoms with van der Waals surface area (Å²) >= 11 is 3.43. The summed E-state index contributed by atoms with van der Waals surface area (Å²) < 4.78 is 0.917. The van der Waals surface area contributed by atoms with Crippen molar-refractivity contribution in [3.05, 3.63) is 28.2 Å². The Labute approximate surface area is 129 Å². The molecule has 0 atom stereocenters. The molecule has 0 amide bonds. The summed E-state index contributed by atoms with van der Waals surface area (Å²) in [6.07, 6.45) is 3.54. The van der Waals surface area contributed by atoms with E-state index in [-0.39, 0.29) is 5.84 Å². The molecule has 0 aliphatic rings. The monoisotopic (exact) mass is 341 g/mol. The van der Waals surface area contributed by atoms with Crippen LogP contribution in [-0.2, 0) is 0 Å². The molecule has 0 heterocycles. The molecule has 0 radical (unpaired) electrons. The van der Waals surface area contributed by atoms with Gasteiger partial charge in [0.15, 0.2) is 5.84 Å². The largest absolute Gasteiger partial charge is 0.409 e. The van der Waals surface area contributed by atoms with Crippen molar-refractivity contribution in [2.75, 3.05) is 11.4 Å². The molecule has 0 unspecified atom stereocenters. The Kier molecular flexibility index (Phi) is 6.85. The van der Waals surface area contributed by atoms with Crippen molar-refractivity contribution >= 4 is 27.5 Å². The molecule has 0 aromatic heterocycles. The van der Waals surface area contributed by atoms with Crippen molar-refractivity contribution in [1.82, 2.24) is 0 Å². The number of hydrogen-bond donors (Lipinski definition) is 2. The lowest BCUT2D eigenvalue weighted by molar-refractivity contribution is 0.318. The fourth-order valence-electron chi connectivity index (χ4n) is 2.21. The summed E-state index contributed by atoms with van der Waals surface area (Å²) in [7, 11) is 0. The second-order valence-corrected chi connectivity index (χ2v) is 6.06. The first-order chi connectivity index (χ1) is 9.51. The molecule has 1 rings (SSSR count). The van der Waals surface area contributed by atoms with Crippen LogP contribution in [0.1, 0.15) is 45.6 Å². The number of rotatable bonds is 7. The Hall–Kier alpha value is -1.23. The van der Waals surface area contributed by atoms with Gasteiger partial charge in [-0.1, -0.05) is 40.9 Å². The molecule has 0 aliphatic carbocycles. The molecule has 1 aromatic carbocycles. The molecule has 112 valence electrons. The molecule has 4 nitrogen and oxygen atoms in total. The van der Waals surface area contributed by atoms with Crippen molar-refractivity contribution in [2.45, 2.75) is 46.1 Å². The number of nitrogens with two attached hydrogens (primary N) is 1. The maximum atomic E-state index is 8.97. The summed E-state index contributed by atoms with van der Waals surface area (Å²) in [4.78, 5) is 2.30. The number of unbranched alkanes of at least 4 members (excludes halogenated alkanes) is 2. The standard InChI is InChI=1S/C15H24BrN3O/c1-4-5-6-9-19(11(2)3)14-8-7-12(16)10-13(14)15(17)18-20/h7-8,10-11,20H,4-6,9H2,1-3H3,(H2,17,18). The minimum Gasteiger partial charge on any atom is -0.409 e. The van der Waals surface area contributed by atoms with Gasteiger partial charge in [-0.05, 0) is 38.5 Å². The van der Waals surface area contributed by atoms with E-state index in [0.29, 0.717) is 6.04 Å². The average molecular weight is 342 g/mol. The smallest absolute Gasteiger partial charge is 0.172 e. The van der Waals surface area contributed by atoms with Gasteiger partial charge in [-0.25, -0.2) is 0 Å². The molecule has 20 heavy (non-hydrogen) atoms. The van der Waals surface area contributed by atoms with Crippen LogP contribution in [0.5, 0.6) is 0 Å². The zero-order valence-corrected chi connectivity index (χ0v) is 14.0. The molecule has 3 N–H and O–H groups in total. The van der Waals surface area contributed by atoms with Crippen LogP contribution in [0.15, 0.2) is 27.8 Å². The molecule has 0 fully saturated rings. The molecule has 5 heteroatoms. The van der Waals surface area contributed by atoms with Crippen LogP contribution in [0.25, 0.3) is 0 Å². The van der Waals surface area contributed by atoms with Gasteiger partial charge in [-0.3, -0.25) is 0 Å². The number of hydrogen-bond acceptors (Lipinski definition) is 3. The van der Waals surface area contributed by atoms with Crippen molar-refractivity contribution in [3.8, 4) is 0 Å². The van der Waals surface area contributed by atoms with Crippen LogP contribution in [-0.4, -0.2) is 23.6 Å². The van der Waals surface area contributed by atoms with E-state index in [1.807, 2.05) is 18.2 Å². The Bertz CT molecular complexity index is 460. The van der Waals surface area contributed by atoms with Crippen LogP contribution in [0.3, 0.4) is 0 Å². The third kappa shape index (κ3) is 4.40. The topological polar surface area (TPSA) is 61.8 Å². The predicted molar refractivity (Wildman–Crippen MR) is 88.7 cm³/mol. The Morgan fingerprint density at radius 3 is 2.65 bits per heavy atom. The second-order valence-electron chi connectivity index (χ2n) is 5.14. The first kappa shape index (κ1) is 16.8. The SMILES string of the molecule is CCCCCN(c1ccc(Br)cc1/C(N)=N/O)C(C)C. The van der Waals surface area contributed by atoms with E-state index in [1.54, 1.807) is 0 Å². The number of oxime groups is 1. The van der Waals surface area contributed by atoms with Crippen LogP contribution >= 0.6 is 15.9 Å². The van der Waals surface area contributed by atoms with Gasteiger partial charge in [0.1, 0.15) is 0 Å². The lowest BCUT2D eigenvalue weighted by atomic mass is 10.1. The van der Waals surface area contributed by atoms with E-state index in [0.717, 1.165) is 28.7 Å². The van der Waals surface area contributed by atoms with E-state index in [9.17, 15) is 0 Å². The molecule has 0 aliphatic heterocycles. The van der Waals surface area contributed by atoms with Gasteiger partial charge in [0.05, 0.1) is 0 Å². The maximum Gasteiger partial charge on any atom is 0.172 e. The molecule has 1 aromatic rings. The summed E-state index contributed by atoms with van der Waals surface area (Å²) in [5.41, 5.74) is 7.57. The van der Waals surface area contributed by atoms with Gasteiger partial charge < -0.3 is 15.8 Å². The fourth-order valence-corrected chi connectivity index (χ4v) is 2.57.